The molecule has 0 heterocycles. The molecule has 0 aliphatic carbocycles. The second-order valence-corrected chi connectivity index (χ2v) is 5.94. The summed E-state index contributed by atoms with van der Waals surface area (Å²) >= 11 is 0. The summed E-state index contributed by atoms with van der Waals surface area (Å²) in [5, 5.41) is 0. The monoisotopic (exact) mass is 374 g/mol. The first-order valence-corrected chi connectivity index (χ1v) is 9.27. The van der Waals surface area contributed by atoms with Gasteiger partial charge in [-0.25, -0.2) is 0 Å². The minimum atomic E-state index is -0.391. The van der Waals surface area contributed by atoms with Crippen LogP contribution in [0.4, 0.5) is 0 Å². The maximum absolute atomic E-state index is 6.01. The van der Waals surface area contributed by atoms with Gasteiger partial charge in [0, 0.05) is 38.6 Å². The lowest BCUT2D eigenvalue weighted by molar-refractivity contribution is -0.125. The van der Waals surface area contributed by atoms with Crippen molar-refractivity contribution in [3.63, 3.8) is 0 Å². The molecule has 2 atom stereocenters. The van der Waals surface area contributed by atoms with E-state index >= 15 is 0 Å². The Balaban J connectivity index is 2.07. The van der Waals surface area contributed by atoms with E-state index in [-0.39, 0.29) is 0 Å². The van der Waals surface area contributed by atoms with E-state index in [1.165, 1.54) is 0 Å². The summed E-state index contributed by atoms with van der Waals surface area (Å²) in [4.78, 5) is 0. The van der Waals surface area contributed by atoms with E-state index in [1.807, 2.05) is 62.4 Å². The van der Waals surface area contributed by atoms with Gasteiger partial charge in [-0.3, -0.25) is 0 Å². The van der Waals surface area contributed by atoms with Crippen molar-refractivity contribution in [2.75, 3.05) is 27.4 Å². The number of benzene rings is 2. The van der Waals surface area contributed by atoms with Crippen molar-refractivity contribution >= 4 is 0 Å². The topological polar surface area (TPSA) is 46.2 Å². The van der Waals surface area contributed by atoms with Crippen LogP contribution in [0.1, 0.15) is 48.7 Å². The van der Waals surface area contributed by atoms with Crippen LogP contribution in [-0.4, -0.2) is 27.4 Å². The minimum absolute atomic E-state index is 0.391. The van der Waals surface area contributed by atoms with Crippen molar-refractivity contribution in [3.8, 4) is 0 Å². The van der Waals surface area contributed by atoms with Crippen molar-refractivity contribution in [2.24, 2.45) is 0 Å². The first kappa shape index (κ1) is 21.5. The molecule has 27 heavy (non-hydrogen) atoms. The molecule has 2 unspecified atom stereocenters. The molecule has 2 aromatic carbocycles. The van der Waals surface area contributed by atoms with Crippen LogP contribution in [0.3, 0.4) is 0 Å². The molecular formula is C22H30O5. The molecule has 148 valence electrons. The molecular weight excluding hydrogens is 344 g/mol. The fourth-order valence-electron chi connectivity index (χ4n) is 2.93. The Morgan fingerprint density at radius 1 is 0.667 bits per heavy atom. The van der Waals surface area contributed by atoms with Gasteiger partial charge < -0.3 is 23.7 Å². The molecule has 0 bridgehead atoms. The molecule has 0 saturated heterocycles. The zero-order valence-electron chi connectivity index (χ0n) is 16.6. The standard InChI is InChI=1S/C22H30O5/c1-5-26-21(23-3)19-13-9-7-11-17(19)15-25-16-18-12-8-10-14-20(18)22(24-4)27-6-2/h7-14,21-22H,5-6,15-16H2,1-4H3. The highest BCUT2D eigenvalue weighted by atomic mass is 16.7. The molecule has 0 fully saturated rings. The quantitative estimate of drug-likeness (QED) is 0.501. The minimum Gasteiger partial charge on any atom is -0.372 e. The van der Waals surface area contributed by atoms with Crippen molar-refractivity contribution in [2.45, 2.75) is 39.6 Å². The normalized spacial score (nSPS) is 13.5. The van der Waals surface area contributed by atoms with Gasteiger partial charge in [-0.2, -0.15) is 0 Å². The lowest BCUT2D eigenvalue weighted by atomic mass is 10.1. The van der Waals surface area contributed by atoms with E-state index in [4.69, 9.17) is 23.7 Å². The van der Waals surface area contributed by atoms with E-state index < -0.39 is 12.6 Å². The second-order valence-electron chi connectivity index (χ2n) is 5.94. The third-order valence-electron chi connectivity index (χ3n) is 4.20. The lowest BCUT2D eigenvalue weighted by Gasteiger charge is -2.20. The van der Waals surface area contributed by atoms with Gasteiger partial charge in [0.25, 0.3) is 0 Å². The van der Waals surface area contributed by atoms with E-state index in [2.05, 4.69) is 0 Å². The van der Waals surface area contributed by atoms with E-state index in [0.29, 0.717) is 26.4 Å². The molecule has 5 heteroatoms. The predicted octanol–water partition coefficient (Wildman–Crippen LogP) is 4.77. The highest BCUT2D eigenvalue weighted by molar-refractivity contribution is 5.29. The van der Waals surface area contributed by atoms with Crippen LogP contribution in [0.25, 0.3) is 0 Å². The first-order chi connectivity index (χ1) is 13.2. The molecule has 0 saturated carbocycles. The number of hydrogen-bond acceptors (Lipinski definition) is 5. The maximum atomic E-state index is 6.01. The van der Waals surface area contributed by atoms with Gasteiger partial charge in [0.2, 0.25) is 0 Å². The SMILES string of the molecule is CCOC(OC)c1ccccc1COCc1ccccc1C(OC)OCC. The molecule has 0 radical (unpaired) electrons. The van der Waals surface area contributed by atoms with Crippen LogP contribution in [0, 0.1) is 0 Å². The molecule has 5 nitrogen and oxygen atoms in total. The summed E-state index contributed by atoms with van der Waals surface area (Å²) in [7, 11) is 3.29. The molecule has 0 amide bonds. The summed E-state index contributed by atoms with van der Waals surface area (Å²) in [5.41, 5.74) is 4.06. The number of ether oxygens (including phenoxy) is 5. The zero-order valence-corrected chi connectivity index (χ0v) is 16.6. The third-order valence-corrected chi connectivity index (χ3v) is 4.20. The average Bonchev–Trinajstić information content (AvgIpc) is 2.71. The molecule has 2 aromatic rings. The summed E-state index contributed by atoms with van der Waals surface area (Å²) in [6, 6.07) is 16.0. The van der Waals surface area contributed by atoms with Crippen molar-refractivity contribution in [3.05, 3.63) is 70.8 Å². The molecule has 0 N–H and O–H groups in total. The number of methoxy groups -OCH3 is 2. The summed E-state index contributed by atoms with van der Waals surface area (Å²) in [6.45, 7) is 5.99. The molecule has 0 aliphatic heterocycles. The fourth-order valence-corrected chi connectivity index (χ4v) is 2.93. The lowest BCUT2D eigenvalue weighted by Crippen LogP contribution is -2.11. The van der Waals surface area contributed by atoms with Crippen LogP contribution >= 0.6 is 0 Å². The average molecular weight is 374 g/mol. The van der Waals surface area contributed by atoms with Gasteiger partial charge >= 0.3 is 0 Å². The van der Waals surface area contributed by atoms with Gasteiger partial charge in [0.1, 0.15) is 0 Å². The number of rotatable bonds is 12. The van der Waals surface area contributed by atoms with Crippen LogP contribution in [0.2, 0.25) is 0 Å². The maximum Gasteiger partial charge on any atom is 0.183 e. The Morgan fingerprint density at radius 2 is 1.07 bits per heavy atom. The smallest absolute Gasteiger partial charge is 0.183 e. The third kappa shape index (κ3) is 6.13. The fraction of sp³-hybridized carbons (Fsp3) is 0.455. The summed E-state index contributed by atoms with van der Waals surface area (Å²) in [6.07, 6.45) is -0.782. The Kier molecular flexibility index (Phi) is 9.45. The highest BCUT2D eigenvalue weighted by Gasteiger charge is 2.16. The van der Waals surface area contributed by atoms with Gasteiger partial charge in [-0.1, -0.05) is 48.5 Å². The van der Waals surface area contributed by atoms with Crippen molar-refractivity contribution in [1.82, 2.24) is 0 Å². The second kappa shape index (κ2) is 11.8. The molecule has 2 rings (SSSR count). The van der Waals surface area contributed by atoms with E-state index in [1.54, 1.807) is 14.2 Å². The summed E-state index contributed by atoms with van der Waals surface area (Å²) < 4.78 is 28.3. The van der Waals surface area contributed by atoms with Crippen molar-refractivity contribution < 1.29 is 23.7 Å². The van der Waals surface area contributed by atoms with Crippen LogP contribution in [-0.2, 0) is 36.9 Å². The highest BCUT2D eigenvalue weighted by Crippen LogP contribution is 2.25. The Labute approximate surface area is 162 Å². The molecule has 0 aromatic heterocycles. The number of hydrogen-bond donors (Lipinski definition) is 0. The molecule has 0 spiro atoms. The van der Waals surface area contributed by atoms with E-state index in [9.17, 15) is 0 Å². The predicted molar refractivity (Wildman–Crippen MR) is 104 cm³/mol. The van der Waals surface area contributed by atoms with Gasteiger partial charge in [-0.15, -0.1) is 0 Å². The van der Waals surface area contributed by atoms with Gasteiger partial charge in [0.15, 0.2) is 12.6 Å². The Bertz CT molecular complexity index is 616. The largest absolute Gasteiger partial charge is 0.372 e. The zero-order chi connectivity index (χ0) is 19.5. The summed E-state index contributed by atoms with van der Waals surface area (Å²) in [5.74, 6) is 0. The first-order valence-electron chi connectivity index (χ1n) is 9.27. The van der Waals surface area contributed by atoms with Crippen LogP contribution in [0.15, 0.2) is 48.5 Å². The molecule has 0 aliphatic rings. The van der Waals surface area contributed by atoms with Crippen LogP contribution < -0.4 is 0 Å². The van der Waals surface area contributed by atoms with Crippen LogP contribution in [0.5, 0.6) is 0 Å². The van der Waals surface area contributed by atoms with Gasteiger partial charge in [-0.05, 0) is 25.0 Å². The van der Waals surface area contributed by atoms with Crippen molar-refractivity contribution in [1.29, 1.82) is 0 Å². The Hall–Kier alpha value is -1.76. The van der Waals surface area contributed by atoms with E-state index in [0.717, 1.165) is 22.3 Å². The van der Waals surface area contributed by atoms with Gasteiger partial charge in [0.05, 0.1) is 13.2 Å². The Morgan fingerprint density at radius 3 is 1.44 bits per heavy atom.